The molecule has 0 atom stereocenters. The molecule has 0 spiro atoms. The maximum absolute atomic E-state index is 10.5. The molecule has 1 aromatic rings. The molecule has 4 nitrogen and oxygen atoms in total. The van der Waals surface area contributed by atoms with E-state index in [9.17, 15) is 4.79 Å². The summed E-state index contributed by atoms with van der Waals surface area (Å²) >= 11 is 1.39. The summed E-state index contributed by atoms with van der Waals surface area (Å²) in [7, 11) is 1.74. The van der Waals surface area contributed by atoms with Gasteiger partial charge >= 0.3 is 0 Å². The van der Waals surface area contributed by atoms with Crippen molar-refractivity contribution in [2.75, 3.05) is 7.05 Å². The number of hydrazine groups is 1. The Morgan fingerprint density at radius 2 is 2.42 bits per heavy atom. The first-order chi connectivity index (χ1) is 5.63. The summed E-state index contributed by atoms with van der Waals surface area (Å²) in [5, 5.41) is 2.40. The molecule has 0 fully saturated rings. The summed E-state index contributed by atoms with van der Waals surface area (Å²) in [4.78, 5) is 15.4. The Hall–Kier alpha value is -0.780. The Kier molecular flexibility index (Phi) is 2.91. The van der Waals surface area contributed by atoms with Gasteiger partial charge in [-0.1, -0.05) is 0 Å². The Labute approximate surface area is 75.0 Å². The molecule has 0 saturated carbocycles. The van der Waals surface area contributed by atoms with E-state index in [0.717, 1.165) is 17.0 Å². The van der Waals surface area contributed by atoms with E-state index in [2.05, 4.69) is 4.98 Å². The summed E-state index contributed by atoms with van der Waals surface area (Å²) in [5.74, 6) is 5.44. The van der Waals surface area contributed by atoms with Crippen LogP contribution in [0.4, 0.5) is 0 Å². The summed E-state index contributed by atoms with van der Waals surface area (Å²) < 4.78 is 0. The number of nitrogens with zero attached hydrogens (tertiary/aromatic N) is 2. The van der Waals surface area contributed by atoms with Crippen LogP contribution in [0.5, 0.6) is 0 Å². The molecule has 1 rings (SSSR count). The number of carbonyl (C=O) groups excluding carboxylic acids is 1. The van der Waals surface area contributed by atoms with Crippen molar-refractivity contribution in [2.24, 2.45) is 5.84 Å². The van der Waals surface area contributed by atoms with Gasteiger partial charge in [0.1, 0.15) is 0 Å². The minimum absolute atomic E-state index is 0.512. The van der Waals surface area contributed by atoms with Gasteiger partial charge in [0.05, 0.1) is 22.1 Å². The van der Waals surface area contributed by atoms with E-state index < -0.39 is 0 Å². The molecular weight excluding hydrogens is 174 g/mol. The van der Waals surface area contributed by atoms with Crippen LogP contribution in [0.15, 0.2) is 0 Å². The second-order valence-electron chi connectivity index (χ2n) is 2.58. The number of hydrogen-bond acceptors (Lipinski definition) is 5. The summed E-state index contributed by atoms with van der Waals surface area (Å²) in [6.45, 7) is 2.39. The molecule has 66 valence electrons. The van der Waals surface area contributed by atoms with Crippen LogP contribution in [0.3, 0.4) is 0 Å². The SMILES string of the molecule is Cc1nc(CN(C)N)c(C=O)s1. The lowest BCUT2D eigenvalue weighted by molar-refractivity contribution is 0.112. The lowest BCUT2D eigenvalue weighted by Crippen LogP contribution is -2.25. The van der Waals surface area contributed by atoms with Crippen molar-refractivity contribution < 1.29 is 4.79 Å². The lowest BCUT2D eigenvalue weighted by atomic mass is 10.4. The minimum atomic E-state index is 0.512. The highest BCUT2D eigenvalue weighted by molar-refractivity contribution is 7.13. The van der Waals surface area contributed by atoms with E-state index in [-0.39, 0.29) is 0 Å². The van der Waals surface area contributed by atoms with Gasteiger partial charge in [0, 0.05) is 7.05 Å². The van der Waals surface area contributed by atoms with E-state index in [0.29, 0.717) is 11.4 Å². The first kappa shape index (κ1) is 9.31. The highest BCUT2D eigenvalue weighted by atomic mass is 32.1. The number of aldehydes is 1. The number of rotatable bonds is 3. The summed E-state index contributed by atoms with van der Waals surface area (Å²) in [5.41, 5.74) is 0.762. The van der Waals surface area contributed by atoms with Crippen LogP contribution in [0.1, 0.15) is 20.4 Å². The predicted molar refractivity (Wildman–Crippen MR) is 47.9 cm³/mol. The molecule has 0 aliphatic rings. The van der Waals surface area contributed by atoms with Crippen molar-refractivity contribution in [1.82, 2.24) is 9.99 Å². The standard InChI is InChI=1S/C7H11N3OS/c1-5-9-6(3-10(2)8)7(4-11)12-5/h4H,3,8H2,1-2H3. The van der Waals surface area contributed by atoms with Crippen LogP contribution in [0, 0.1) is 6.92 Å². The van der Waals surface area contributed by atoms with Gasteiger partial charge in [0.2, 0.25) is 0 Å². The minimum Gasteiger partial charge on any atom is -0.297 e. The topological polar surface area (TPSA) is 59.2 Å². The molecule has 1 aromatic heterocycles. The number of aryl methyl sites for hydroxylation is 1. The van der Waals surface area contributed by atoms with Crippen molar-refractivity contribution in [3.05, 3.63) is 15.6 Å². The number of hydrogen-bond donors (Lipinski definition) is 1. The van der Waals surface area contributed by atoms with E-state index in [1.165, 1.54) is 16.3 Å². The summed E-state index contributed by atoms with van der Waals surface area (Å²) in [6, 6.07) is 0. The van der Waals surface area contributed by atoms with Crippen molar-refractivity contribution in [2.45, 2.75) is 13.5 Å². The van der Waals surface area contributed by atoms with E-state index >= 15 is 0 Å². The van der Waals surface area contributed by atoms with Gasteiger partial charge < -0.3 is 0 Å². The van der Waals surface area contributed by atoms with Crippen LogP contribution in [0.25, 0.3) is 0 Å². The molecule has 1 heterocycles. The number of aromatic nitrogens is 1. The van der Waals surface area contributed by atoms with Crippen LogP contribution in [-0.2, 0) is 6.54 Å². The van der Waals surface area contributed by atoms with Gasteiger partial charge in [-0.15, -0.1) is 11.3 Å². The van der Waals surface area contributed by atoms with Crippen LogP contribution in [-0.4, -0.2) is 23.3 Å². The van der Waals surface area contributed by atoms with Gasteiger partial charge in [0.25, 0.3) is 0 Å². The molecule has 0 aromatic carbocycles. The van der Waals surface area contributed by atoms with Gasteiger partial charge in [-0.2, -0.15) is 0 Å². The number of carbonyl (C=O) groups is 1. The van der Waals surface area contributed by atoms with Gasteiger partial charge in [-0.25, -0.2) is 9.99 Å². The Morgan fingerprint density at radius 3 is 2.92 bits per heavy atom. The lowest BCUT2D eigenvalue weighted by Gasteiger charge is -2.06. The third-order valence-corrected chi connectivity index (χ3v) is 2.28. The largest absolute Gasteiger partial charge is 0.297 e. The van der Waals surface area contributed by atoms with Crippen molar-refractivity contribution in [3.63, 3.8) is 0 Å². The van der Waals surface area contributed by atoms with Crippen LogP contribution in [0.2, 0.25) is 0 Å². The highest BCUT2D eigenvalue weighted by Gasteiger charge is 2.08. The Morgan fingerprint density at radius 1 is 1.75 bits per heavy atom. The molecule has 0 aliphatic heterocycles. The van der Waals surface area contributed by atoms with Crippen LogP contribution >= 0.6 is 11.3 Å². The molecule has 0 bridgehead atoms. The average molecular weight is 185 g/mol. The molecular formula is C7H11N3OS. The monoisotopic (exact) mass is 185 g/mol. The zero-order valence-corrected chi connectivity index (χ0v) is 7.89. The molecule has 12 heavy (non-hydrogen) atoms. The van der Waals surface area contributed by atoms with E-state index in [1.807, 2.05) is 6.92 Å². The van der Waals surface area contributed by atoms with E-state index in [1.54, 1.807) is 7.05 Å². The molecule has 0 amide bonds. The Bertz CT molecular complexity index is 282. The van der Waals surface area contributed by atoms with Gasteiger partial charge in [0.15, 0.2) is 6.29 Å². The highest BCUT2D eigenvalue weighted by Crippen LogP contribution is 2.16. The van der Waals surface area contributed by atoms with Crippen LogP contribution < -0.4 is 5.84 Å². The van der Waals surface area contributed by atoms with Crippen molar-refractivity contribution in [1.29, 1.82) is 0 Å². The zero-order chi connectivity index (χ0) is 9.14. The van der Waals surface area contributed by atoms with Gasteiger partial charge in [-0.05, 0) is 6.92 Å². The fourth-order valence-corrected chi connectivity index (χ4v) is 1.68. The quantitative estimate of drug-likeness (QED) is 0.425. The molecule has 2 N–H and O–H groups in total. The Balaban J connectivity index is 2.89. The number of thiazole rings is 1. The second kappa shape index (κ2) is 3.75. The maximum atomic E-state index is 10.5. The number of nitrogens with two attached hydrogens (primary N) is 1. The summed E-state index contributed by atoms with van der Waals surface area (Å²) in [6.07, 6.45) is 0.823. The smallest absolute Gasteiger partial charge is 0.161 e. The predicted octanol–water partition coefficient (Wildman–Crippen LogP) is 0.570. The fraction of sp³-hybridized carbons (Fsp3) is 0.429. The second-order valence-corrected chi connectivity index (χ2v) is 3.81. The maximum Gasteiger partial charge on any atom is 0.161 e. The molecule has 0 saturated heterocycles. The molecule has 0 radical (unpaired) electrons. The normalized spacial score (nSPS) is 10.7. The van der Waals surface area contributed by atoms with Gasteiger partial charge in [-0.3, -0.25) is 10.6 Å². The molecule has 5 heteroatoms. The van der Waals surface area contributed by atoms with Crippen molar-refractivity contribution in [3.8, 4) is 0 Å². The fourth-order valence-electron chi connectivity index (χ4n) is 0.928. The van der Waals surface area contributed by atoms with Crippen molar-refractivity contribution >= 4 is 17.6 Å². The zero-order valence-electron chi connectivity index (χ0n) is 7.07. The first-order valence-corrected chi connectivity index (χ1v) is 4.32. The third-order valence-electron chi connectivity index (χ3n) is 1.34. The average Bonchev–Trinajstić information content (AvgIpc) is 2.29. The first-order valence-electron chi connectivity index (χ1n) is 3.51. The molecule has 0 aliphatic carbocycles. The third kappa shape index (κ3) is 2.10. The molecule has 0 unspecified atom stereocenters. The van der Waals surface area contributed by atoms with E-state index in [4.69, 9.17) is 5.84 Å².